The Morgan fingerprint density at radius 3 is 2.57 bits per heavy atom. The van der Waals surface area contributed by atoms with Crippen LogP contribution < -0.4 is 4.46 Å². The third-order valence-electron chi connectivity index (χ3n) is 0.831. The van der Waals surface area contributed by atoms with E-state index in [0.29, 0.717) is 0 Å². The Morgan fingerprint density at radius 1 is 1.71 bits per heavy atom. The first kappa shape index (κ1) is 5.36. The molecule has 2 heteroatoms. The number of hydrogen-bond acceptors (Lipinski definition) is 1. The molecule has 0 nitrogen and oxygen atoms in total. The summed E-state index contributed by atoms with van der Waals surface area (Å²) in [6.45, 7) is 2.12. The molecule has 1 aromatic rings. The monoisotopic (exact) mass is 178 g/mol. The average Bonchev–Trinajstić information content (AvgIpc) is 1.91. The second-order valence-corrected chi connectivity index (χ2v) is 3.49. The Labute approximate surface area is 55.4 Å². The molecule has 1 heterocycles. The SMILES string of the molecule is Cc1sccc1[SeH]. The van der Waals surface area contributed by atoms with E-state index < -0.39 is 0 Å². The molecule has 0 fully saturated rings. The first-order chi connectivity index (χ1) is 3.30. The molecule has 0 aliphatic carbocycles. The van der Waals surface area contributed by atoms with Crippen molar-refractivity contribution < 1.29 is 0 Å². The fourth-order valence-electron chi connectivity index (χ4n) is 0.378. The van der Waals surface area contributed by atoms with Crippen LogP contribution >= 0.6 is 11.3 Å². The Hall–Kier alpha value is 0.219. The van der Waals surface area contributed by atoms with Crippen LogP contribution in [-0.2, 0) is 0 Å². The molecule has 0 atom stereocenters. The van der Waals surface area contributed by atoms with Crippen LogP contribution in [0.15, 0.2) is 11.4 Å². The predicted octanol–water partition coefficient (Wildman–Crippen LogP) is 0.583. The summed E-state index contributed by atoms with van der Waals surface area (Å²) < 4.78 is 1.34. The van der Waals surface area contributed by atoms with Crippen molar-refractivity contribution in [3.8, 4) is 0 Å². The van der Waals surface area contributed by atoms with Crippen LogP contribution in [0, 0.1) is 6.92 Å². The average molecular weight is 177 g/mol. The molecule has 0 aliphatic rings. The molecule has 0 N–H and O–H groups in total. The molecule has 0 aliphatic heterocycles. The molecule has 0 spiro atoms. The first-order valence-corrected chi connectivity index (χ1v) is 3.85. The van der Waals surface area contributed by atoms with Gasteiger partial charge in [-0.2, -0.15) is 0 Å². The van der Waals surface area contributed by atoms with E-state index in [-0.39, 0.29) is 0 Å². The van der Waals surface area contributed by atoms with Crippen LogP contribution in [0.3, 0.4) is 0 Å². The van der Waals surface area contributed by atoms with E-state index in [2.05, 4.69) is 34.4 Å². The predicted molar refractivity (Wildman–Crippen MR) is 35.8 cm³/mol. The van der Waals surface area contributed by atoms with Gasteiger partial charge in [0, 0.05) is 0 Å². The van der Waals surface area contributed by atoms with Crippen molar-refractivity contribution in [3.63, 3.8) is 0 Å². The molecule has 0 amide bonds. The Kier molecular flexibility index (Phi) is 1.53. The quantitative estimate of drug-likeness (QED) is 0.508. The summed E-state index contributed by atoms with van der Waals surface area (Å²) in [4.78, 5) is 1.40. The summed E-state index contributed by atoms with van der Waals surface area (Å²) in [7, 11) is 0. The molecule has 38 valence electrons. The third kappa shape index (κ3) is 1.06. The van der Waals surface area contributed by atoms with E-state index in [0.717, 1.165) is 0 Å². The van der Waals surface area contributed by atoms with E-state index in [1.54, 1.807) is 11.3 Å². The molecule has 0 saturated heterocycles. The zero-order valence-electron chi connectivity index (χ0n) is 4.01. The van der Waals surface area contributed by atoms with Crippen LogP contribution in [0.25, 0.3) is 0 Å². The van der Waals surface area contributed by atoms with E-state index >= 15 is 0 Å². The Bertz CT molecular complexity index is 140. The van der Waals surface area contributed by atoms with Crippen LogP contribution in [0.1, 0.15) is 4.88 Å². The molecule has 0 saturated carbocycles. The molecule has 1 rings (SSSR count). The second-order valence-electron chi connectivity index (χ2n) is 1.36. The van der Waals surface area contributed by atoms with Gasteiger partial charge in [-0.1, -0.05) is 0 Å². The van der Waals surface area contributed by atoms with Crippen molar-refractivity contribution in [2.75, 3.05) is 0 Å². The van der Waals surface area contributed by atoms with E-state index in [1.165, 1.54) is 9.34 Å². The number of aryl methyl sites for hydroxylation is 1. The van der Waals surface area contributed by atoms with Gasteiger partial charge in [0.1, 0.15) is 0 Å². The van der Waals surface area contributed by atoms with Gasteiger partial charge < -0.3 is 0 Å². The second kappa shape index (κ2) is 1.99. The van der Waals surface area contributed by atoms with Crippen LogP contribution in [0.5, 0.6) is 0 Å². The summed E-state index contributed by atoms with van der Waals surface area (Å²) in [5.74, 6) is 0. The van der Waals surface area contributed by atoms with Crippen molar-refractivity contribution in [1.29, 1.82) is 0 Å². The molecule has 0 radical (unpaired) electrons. The van der Waals surface area contributed by atoms with Crippen molar-refractivity contribution in [2.45, 2.75) is 6.92 Å². The molecular formula is C5H6SSe. The number of hydrogen-bond donors (Lipinski definition) is 0. The third-order valence-corrected chi connectivity index (χ3v) is 3.02. The normalized spacial score (nSPS) is 9.43. The molecule has 1 aromatic heterocycles. The van der Waals surface area contributed by atoms with Gasteiger partial charge >= 0.3 is 55.1 Å². The standard InChI is InChI=1S/C5H6SSe/c1-4-5(7)2-3-6-4/h2-3,7H,1H3. The maximum atomic E-state index is 2.55. The van der Waals surface area contributed by atoms with Gasteiger partial charge in [0.25, 0.3) is 0 Å². The molecule has 0 bridgehead atoms. The minimum absolute atomic E-state index is 1.34. The summed E-state index contributed by atoms with van der Waals surface area (Å²) in [6.07, 6.45) is 0. The summed E-state index contributed by atoms with van der Waals surface area (Å²) in [6, 6.07) is 2.11. The Morgan fingerprint density at radius 2 is 2.43 bits per heavy atom. The summed E-state index contributed by atoms with van der Waals surface area (Å²) in [5.41, 5.74) is 0. The zero-order valence-corrected chi connectivity index (χ0v) is 6.70. The van der Waals surface area contributed by atoms with Crippen molar-refractivity contribution in [2.24, 2.45) is 0 Å². The van der Waals surface area contributed by atoms with Gasteiger partial charge in [-0.05, 0) is 0 Å². The number of thiophene rings is 1. The van der Waals surface area contributed by atoms with E-state index in [9.17, 15) is 0 Å². The van der Waals surface area contributed by atoms with Crippen molar-refractivity contribution in [1.82, 2.24) is 0 Å². The van der Waals surface area contributed by atoms with E-state index in [1.807, 2.05) is 0 Å². The Balaban J connectivity index is 3.12. The van der Waals surface area contributed by atoms with Crippen LogP contribution in [0.2, 0.25) is 0 Å². The molecular weight excluding hydrogens is 171 g/mol. The zero-order chi connectivity index (χ0) is 5.28. The van der Waals surface area contributed by atoms with Gasteiger partial charge in [-0.15, -0.1) is 0 Å². The fourth-order valence-corrected chi connectivity index (χ4v) is 1.68. The van der Waals surface area contributed by atoms with Gasteiger partial charge in [0.15, 0.2) is 0 Å². The van der Waals surface area contributed by atoms with Gasteiger partial charge in [-0.3, -0.25) is 0 Å². The van der Waals surface area contributed by atoms with Crippen molar-refractivity contribution >= 4 is 31.8 Å². The van der Waals surface area contributed by atoms with Gasteiger partial charge in [-0.25, -0.2) is 0 Å². The first-order valence-electron chi connectivity index (χ1n) is 2.04. The fraction of sp³-hybridized carbons (Fsp3) is 0.200. The van der Waals surface area contributed by atoms with Gasteiger partial charge in [0.2, 0.25) is 0 Å². The maximum absolute atomic E-state index is 2.55. The van der Waals surface area contributed by atoms with E-state index in [4.69, 9.17) is 0 Å². The van der Waals surface area contributed by atoms with Crippen LogP contribution in [0.4, 0.5) is 0 Å². The molecule has 0 aromatic carbocycles. The number of rotatable bonds is 0. The van der Waals surface area contributed by atoms with Crippen LogP contribution in [-0.4, -0.2) is 16.0 Å². The minimum atomic E-state index is 1.34. The van der Waals surface area contributed by atoms with Crippen molar-refractivity contribution in [3.05, 3.63) is 16.3 Å². The topological polar surface area (TPSA) is 0 Å². The van der Waals surface area contributed by atoms with Gasteiger partial charge in [0.05, 0.1) is 0 Å². The summed E-state index contributed by atoms with van der Waals surface area (Å²) >= 11 is 4.33. The summed E-state index contributed by atoms with van der Waals surface area (Å²) in [5, 5.41) is 2.10. The molecule has 7 heavy (non-hydrogen) atoms. The molecule has 0 unspecified atom stereocenters.